The summed E-state index contributed by atoms with van der Waals surface area (Å²) >= 11 is 0. The summed E-state index contributed by atoms with van der Waals surface area (Å²) in [5, 5.41) is 17.3. The van der Waals surface area contributed by atoms with E-state index in [9.17, 15) is 9.90 Å². The predicted octanol–water partition coefficient (Wildman–Crippen LogP) is 0.396. The Morgan fingerprint density at radius 2 is 2.36 bits per heavy atom. The van der Waals surface area contributed by atoms with Crippen LogP contribution < -0.4 is 9.88 Å². The standard InChI is InChI=1S/C18H21N5O2/c1-22-6-5-19-14(9-22)23-16-12-7-11(12)8-13(16)15(21-23)17(25)20-18(10-24)3-2-4-18/h5-6,9,11-12,24H,2-4,7-8,10H2,1H3/p+1. The molecule has 130 valence electrons. The highest BCUT2D eigenvalue weighted by Crippen LogP contribution is 2.57. The van der Waals surface area contributed by atoms with Crippen molar-refractivity contribution in [3.05, 3.63) is 35.5 Å². The van der Waals surface area contributed by atoms with E-state index in [1.54, 1.807) is 6.20 Å². The van der Waals surface area contributed by atoms with E-state index in [4.69, 9.17) is 0 Å². The van der Waals surface area contributed by atoms with Crippen LogP contribution in [0.1, 0.15) is 53.3 Å². The number of aliphatic hydroxyl groups is 1. The number of fused-ring (bicyclic) bond motifs is 3. The zero-order chi connectivity index (χ0) is 17.2. The van der Waals surface area contributed by atoms with Crippen LogP contribution in [0.2, 0.25) is 0 Å². The van der Waals surface area contributed by atoms with E-state index >= 15 is 0 Å². The predicted molar refractivity (Wildman–Crippen MR) is 88.2 cm³/mol. The first-order valence-corrected chi connectivity index (χ1v) is 8.97. The van der Waals surface area contributed by atoms with Gasteiger partial charge in [-0.2, -0.15) is 5.10 Å². The molecule has 7 heteroatoms. The lowest BCUT2D eigenvalue weighted by molar-refractivity contribution is -0.671. The van der Waals surface area contributed by atoms with Gasteiger partial charge in [-0.25, -0.2) is 14.2 Å². The van der Waals surface area contributed by atoms with Crippen molar-refractivity contribution >= 4 is 5.91 Å². The molecule has 3 aliphatic rings. The van der Waals surface area contributed by atoms with Crippen molar-refractivity contribution in [2.45, 2.75) is 43.6 Å². The third-order valence-corrected chi connectivity index (χ3v) is 6.02. The summed E-state index contributed by atoms with van der Waals surface area (Å²) < 4.78 is 3.79. The van der Waals surface area contributed by atoms with E-state index < -0.39 is 5.54 Å². The van der Waals surface area contributed by atoms with Gasteiger partial charge in [-0.3, -0.25) is 4.79 Å². The number of nitrogens with zero attached hydrogens (tertiary/aromatic N) is 4. The van der Waals surface area contributed by atoms with Crippen molar-refractivity contribution in [1.82, 2.24) is 20.1 Å². The number of aromatic nitrogens is 4. The first-order valence-electron chi connectivity index (χ1n) is 8.97. The summed E-state index contributed by atoms with van der Waals surface area (Å²) in [5.74, 6) is 1.74. The van der Waals surface area contributed by atoms with Crippen LogP contribution in [0.5, 0.6) is 0 Å². The summed E-state index contributed by atoms with van der Waals surface area (Å²) in [6, 6.07) is 0. The molecule has 0 spiro atoms. The second-order valence-corrected chi connectivity index (χ2v) is 7.76. The molecular weight excluding hydrogens is 318 g/mol. The van der Waals surface area contributed by atoms with Crippen molar-refractivity contribution in [2.24, 2.45) is 13.0 Å². The molecule has 2 heterocycles. The Balaban J connectivity index is 1.54. The number of hydrogen-bond donors (Lipinski definition) is 2. The second-order valence-electron chi connectivity index (χ2n) is 7.76. The largest absolute Gasteiger partial charge is 0.394 e. The molecule has 5 rings (SSSR count). The Bertz CT molecular complexity index is 865. The van der Waals surface area contributed by atoms with Gasteiger partial charge in [0.2, 0.25) is 12.0 Å². The van der Waals surface area contributed by atoms with E-state index in [0.717, 1.165) is 42.8 Å². The van der Waals surface area contributed by atoms with Gasteiger partial charge in [0.25, 0.3) is 5.91 Å². The minimum Gasteiger partial charge on any atom is -0.394 e. The first-order chi connectivity index (χ1) is 12.1. The van der Waals surface area contributed by atoms with Crippen LogP contribution in [0.3, 0.4) is 0 Å². The second kappa shape index (κ2) is 5.11. The molecule has 2 saturated carbocycles. The molecule has 0 aliphatic heterocycles. The van der Waals surface area contributed by atoms with E-state index in [2.05, 4.69) is 15.4 Å². The lowest BCUT2D eigenvalue weighted by atomic mass is 9.77. The van der Waals surface area contributed by atoms with Crippen LogP contribution in [0.4, 0.5) is 0 Å². The quantitative estimate of drug-likeness (QED) is 0.789. The molecule has 2 unspecified atom stereocenters. The minimum atomic E-state index is -0.452. The molecule has 2 aromatic rings. The molecule has 25 heavy (non-hydrogen) atoms. The number of rotatable bonds is 4. The van der Waals surface area contributed by atoms with E-state index in [-0.39, 0.29) is 12.5 Å². The Hall–Kier alpha value is -2.28. The maximum Gasteiger partial charge on any atom is 0.272 e. The van der Waals surface area contributed by atoms with Crippen molar-refractivity contribution in [3.63, 3.8) is 0 Å². The Kier molecular flexibility index (Phi) is 3.07. The Morgan fingerprint density at radius 3 is 3.04 bits per heavy atom. The molecular formula is C18H22N5O2+. The molecule has 2 atom stereocenters. The zero-order valence-electron chi connectivity index (χ0n) is 14.3. The van der Waals surface area contributed by atoms with Gasteiger partial charge >= 0.3 is 0 Å². The summed E-state index contributed by atoms with van der Waals surface area (Å²) in [5.41, 5.74) is 2.28. The summed E-state index contributed by atoms with van der Waals surface area (Å²) in [7, 11) is 1.95. The van der Waals surface area contributed by atoms with Crippen LogP contribution >= 0.6 is 0 Å². The smallest absolute Gasteiger partial charge is 0.272 e. The fraction of sp³-hybridized carbons (Fsp3) is 0.556. The van der Waals surface area contributed by atoms with Crippen LogP contribution in [0.25, 0.3) is 5.82 Å². The molecule has 3 aliphatic carbocycles. The highest BCUT2D eigenvalue weighted by molar-refractivity contribution is 5.95. The summed E-state index contributed by atoms with van der Waals surface area (Å²) in [4.78, 5) is 17.3. The molecule has 0 radical (unpaired) electrons. The van der Waals surface area contributed by atoms with Gasteiger partial charge in [-0.15, -0.1) is 0 Å². The normalized spacial score (nSPS) is 25.0. The minimum absolute atomic E-state index is 0.0109. The highest BCUT2D eigenvalue weighted by atomic mass is 16.3. The average Bonchev–Trinajstić information content (AvgIpc) is 3.07. The van der Waals surface area contributed by atoms with Gasteiger partial charge in [0.1, 0.15) is 7.05 Å². The van der Waals surface area contributed by atoms with Gasteiger partial charge in [0.15, 0.2) is 11.9 Å². The van der Waals surface area contributed by atoms with Gasteiger partial charge in [-0.05, 0) is 38.0 Å². The average molecular weight is 340 g/mol. The molecule has 2 N–H and O–H groups in total. The maximum atomic E-state index is 12.9. The van der Waals surface area contributed by atoms with Gasteiger partial charge < -0.3 is 10.4 Å². The highest BCUT2D eigenvalue weighted by Gasteiger charge is 2.51. The molecule has 2 fully saturated rings. The fourth-order valence-corrected chi connectivity index (χ4v) is 4.28. The third kappa shape index (κ3) is 2.22. The van der Waals surface area contributed by atoms with Crippen LogP contribution in [-0.2, 0) is 13.5 Å². The van der Waals surface area contributed by atoms with E-state index in [1.807, 2.05) is 28.7 Å². The number of amides is 1. The van der Waals surface area contributed by atoms with Crippen molar-refractivity contribution in [1.29, 1.82) is 0 Å². The third-order valence-electron chi connectivity index (χ3n) is 6.02. The lowest BCUT2D eigenvalue weighted by Crippen LogP contribution is -2.56. The van der Waals surface area contributed by atoms with E-state index in [0.29, 0.717) is 17.5 Å². The number of hydrogen-bond acceptors (Lipinski definition) is 4. The van der Waals surface area contributed by atoms with Crippen LogP contribution in [-0.4, -0.2) is 37.9 Å². The summed E-state index contributed by atoms with van der Waals surface area (Å²) in [6.07, 6.45) is 10.4. The van der Waals surface area contributed by atoms with Crippen LogP contribution in [0, 0.1) is 5.92 Å². The first kappa shape index (κ1) is 15.0. The fourth-order valence-electron chi connectivity index (χ4n) is 4.28. The summed E-state index contributed by atoms with van der Waals surface area (Å²) in [6.45, 7) is -0.0109. The number of aryl methyl sites for hydroxylation is 1. The molecule has 1 amide bonds. The molecule has 0 saturated heterocycles. The maximum absolute atomic E-state index is 12.9. The van der Waals surface area contributed by atoms with Crippen molar-refractivity contribution in [3.8, 4) is 5.82 Å². The Morgan fingerprint density at radius 1 is 1.52 bits per heavy atom. The number of carbonyl (C=O) groups excluding carboxylic acids is 1. The topological polar surface area (TPSA) is 83.9 Å². The van der Waals surface area contributed by atoms with Crippen molar-refractivity contribution < 1.29 is 14.5 Å². The lowest BCUT2D eigenvalue weighted by Gasteiger charge is -2.40. The van der Waals surface area contributed by atoms with Gasteiger partial charge in [-0.1, -0.05) is 0 Å². The monoisotopic (exact) mass is 340 g/mol. The number of nitrogens with one attached hydrogen (secondary N) is 1. The SMILES string of the molecule is C[n+]1ccnc(-n2nc(C(=O)NC3(CO)CCC3)c3c2C2CC2C3)c1. The molecule has 7 nitrogen and oxygen atoms in total. The van der Waals surface area contributed by atoms with Crippen LogP contribution in [0.15, 0.2) is 18.6 Å². The zero-order valence-corrected chi connectivity index (χ0v) is 14.3. The Labute approximate surface area is 145 Å². The van der Waals surface area contributed by atoms with Gasteiger partial charge in [0, 0.05) is 11.5 Å². The van der Waals surface area contributed by atoms with E-state index in [1.165, 1.54) is 6.42 Å². The van der Waals surface area contributed by atoms with Crippen molar-refractivity contribution in [2.75, 3.05) is 6.61 Å². The molecule has 0 aromatic carbocycles. The number of carbonyl (C=O) groups is 1. The molecule has 2 aromatic heterocycles. The van der Waals surface area contributed by atoms with Gasteiger partial charge in [0.05, 0.1) is 24.0 Å². The number of aliphatic hydroxyl groups excluding tert-OH is 1. The molecule has 0 bridgehead atoms.